The first-order valence-electron chi connectivity index (χ1n) is 26.1. The van der Waals surface area contributed by atoms with Gasteiger partial charge in [0.15, 0.2) is 0 Å². The Balaban J connectivity index is 1.06. The van der Waals surface area contributed by atoms with Gasteiger partial charge in [-0.15, -0.1) is 0 Å². The van der Waals surface area contributed by atoms with Crippen LogP contribution in [0.4, 0.5) is 0 Å². The van der Waals surface area contributed by atoms with Crippen molar-refractivity contribution in [3.05, 3.63) is 224 Å². The molecule has 0 N–H and O–H groups in total. The zero-order chi connectivity index (χ0) is 51.9. The molecule has 0 spiro atoms. The molecule has 0 fully saturated rings. The number of ether oxygens (including phenoxy) is 1. The molecule has 0 aliphatic carbocycles. The molecule has 5 heteroatoms. The molecule has 308 valence electrons. The molecule has 0 radical (unpaired) electrons. The van der Waals surface area contributed by atoms with Gasteiger partial charge in [-0.1, -0.05) is 178 Å². The Kier molecular flexibility index (Phi) is 7.34. The van der Waals surface area contributed by atoms with Gasteiger partial charge in [-0.3, -0.25) is 13.7 Å². The number of benzene rings is 8. The van der Waals surface area contributed by atoms with E-state index in [4.69, 9.17) is 23.4 Å². The third kappa shape index (κ3) is 7.21. The quantitative estimate of drug-likeness (QED) is 0.107. The topological polar surface area (TPSA) is 35.9 Å². The molecule has 0 aliphatic rings. The van der Waals surface area contributed by atoms with Crippen LogP contribution in [0.25, 0.3) is 83.4 Å². The monoisotopic (exact) mass is 836 g/mol. The second-order valence-corrected chi connectivity index (χ2v) is 16.9. The molecule has 0 unspecified atom stereocenters. The maximum absolute atomic E-state index is 9.03. The first-order chi connectivity index (χ1) is 35.5. The van der Waals surface area contributed by atoms with Gasteiger partial charge in [0.1, 0.15) is 17.3 Å². The van der Waals surface area contributed by atoms with Crippen molar-refractivity contribution in [2.75, 3.05) is 0 Å². The number of fused-ring (bicyclic) bond motifs is 4. The van der Waals surface area contributed by atoms with Gasteiger partial charge in [0.2, 0.25) is 0 Å². The number of hydrogen-bond acceptors (Lipinski definition) is 2. The summed E-state index contributed by atoms with van der Waals surface area (Å²) < 4.78 is 99.5. The molecule has 11 rings (SSSR count). The van der Waals surface area contributed by atoms with Gasteiger partial charge in [0.25, 0.3) is 6.33 Å². The van der Waals surface area contributed by atoms with Crippen LogP contribution in [0.15, 0.2) is 212 Å². The van der Waals surface area contributed by atoms with Crippen molar-refractivity contribution < 1.29 is 23.0 Å². The number of rotatable bonds is 9. The molecule has 3 aromatic heterocycles. The Morgan fingerprint density at radius 2 is 1.22 bits per heavy atom. The summed E-state index contributed by atoms with van der Waals surface area (Å²) in [5.41, 5.74) is 7.43. The highest BCUT2D eigenvalue weighted by molar-refractivity contribution is 6.09. The Labute approximate surface area is 387 Å². The van der Waals surface area contributed by atoms with Crippen molar-refractivity contribution in [1.82, 2.24) is 14.1 Å². The highest BCUT2D eigenvalue weighted by Crippen LogP contribution is 2.38. The Bertz CT molecular complexity index is 3940. The molecule has 0 aliphatic heterocycles. The van der Waals surface area contributed by atoms with Gasteiger partial charge in [-0.25, -0.2) is 4.98 Å². The van der Waals surface area contributed by atoms with Crippen LogP contribution in [0.5, 0.6) is 11.5 Å². The van der Waals surface area contributed by atoms with Gasteiger partial charge in [0, 0.05) is 28.6 Å². The summed E-state index contributed by atoms with van der Waals surface area (Å²) in [5.74, 6) is 1.89. The summed E-state index contributed by atoms with van der Waals surface area (Å²) in [7, 11) is 0. The Hall–Kier alpha value is -8.02. The average Bonchev–Trinajstić information content (AvgIpc) is 3.98. The average molecular weight is 837 g/mol. The zero-order valence-electron chi connectivity index (χ0n) is 45.3. The van der Waals surface area contributed by atoms with E-state index in [1.807, 2.05) is 97.2 Å². The molecule has 8 aromatic carbocycles. The summed E-state index contributed by atoms with van der Waals surface area (Å²) in [5, 5.41) is 2.12. The van der Waals surface area contributed by atoms with E-state index in [2.05, 4.69) is 68.1 Å². The number of pyridine rings is 1. The molecular weight excluding hydrogens is 781 g/mol. The van der Waals surface area contributed by atoms with E-state index in [0.717, 1.165) is 45.2 Å². The minimum Gasteiger partial charge on any atom is -0.458 e. The minimum absolute atomic E-state index is 0.0131. The maximum Gasteiger partial charge on any atom is 0.269 e. The lowest BCUT2D eigenvalue weighted by atomic mass is 9.85. The number of para-hydroxylation sites is 4. The van der Waals surface area contributed by atoms with Crippen molar-refractivity contribution in [2.24, 2.45) is 5.41 Å². The fraction of sp³-hybridized carbons (Fsp3) is 0.0847. The number of hydrogen-bond donors (Lipinski definition) is 0. The van der Waals surface area contributed by atoms with Crippen LogP contribution in [0.1, 0.15) is 40.0 Å². The molecular formula is C59H46N4O. The third-order valence-corrected chi connectivity index (χ3v) is 11.3. The summed E-state index contributed by atoms with van der Waals surface area (Å²) in [6.45, 7) is 6.73. The van der Waals surface area contributed by atoms with Crippen molar-refractivity contribution in [3.63, 3.8) is 0 Å². The van der Waals surface area contributed by atoms with Crippen LogP contribution in [0, 0.1) is 11.7 Å². The summed E-state index contributed by atoms with van der Waals surface area (Å²) in [6, 6.07) is 41.4. The van der Waals surface area contributed by atoms with E-state index in [0.29, 0.717) is 28.2 Å². The van der Waals surface area contributed by atoms with Crippen LogP contribution < -0.4 is 9.30 Å². The fourth-order valence-corrected chi connectivity index (χ4v) is 8.66. The van der Waals surface area contributed by atoms with Gasteiger partial charge >= 0.3 is 0 Å². The standard InChI is InChI=1S/C59H46N4O/c1-59(2,3)38-44-35-57(60-39-52(44)43-23-11-6-12-24-43)63-53-30-14-13-27-50(53)51-34-33-47(37-56(51)63)64-46-26-17-25-45(36-46)61-40-62(55-32-16-15-31-54(55)61)58-48(41-19-7-4-8-20-41)28-18-29-49(58)42-21-9-5-10-22-42/h4-37,39H,38H2,1-3H3/i4D,5D,7D,8D,9D,10D,19D,20D,21D,22D. The SMILES string of the molecule is [2H]c1c([2H])c([2H])c(-c2cccc(-c3c([2H])c([2H])c([2H])c([2H])c3[2H])c2-[n+]2[c-]n(-c3cccc(Oc4ccc5c6ccccc6n(-c6cc(CC(C)(C)C)c(-c7ccccc7)cn6)c5c4)c3)c3ccccc32)c([2H])c1[2H]. The van der Waals surface area contributed by atoms with Gasteiger partial charge in [0.05, 0.1) is 47.1 Å². The Morgan fingerprint density at radius 3 is 1.95 bits per heavy atom. The third-order valence-electron chi connectivity index (χ3n) is 11.3. The van der Waals surface area contributed by atoms with Crippen molar-refractivity contribution in [2.45, 2.75) is 27.2 Å². The minimum atomic E-state index is -0.566. The highest BCUT2D eigenvalue weighted by atomic mass is 16.5. The number of nitrogens with zero attached hydrogens (tertiary/aromatic N) is 4. The van der Waals surface area contributed by atoms with E-state index in [9.17, 15) is 0 Å². The predicted molar refractivity (Wildman–Crippen MR) is 262 cm³/mol. The van der Waals surface area contributed by atoms with E-state index in [1.54, 1.807) is 27.3 Å². The molecule has 3 heterocycles. The molecule has 0 amide bonds. The van der Waals surface area contributed by atoms with Crippen molar-refractivity contribution in [3.8, 4) is 62.1 Å². The van der Waals surface area contributed by atoms with Crippen LogP contribution in [0.3, 0.4) is 0 Å². The van der Waals surface area contributed by atoms with Crippen LogP contribution >= 0.6 is 0 Å². The lowest BCUT2D eigenvalue weighted by molar-refractivity contribution is -0.571. The first-order valence-corrected chi connectivity index (χ1v) is 21.1. The lowest BCUT2D eigenvalue weighted by Crippen LogP contribution is -2.31. The van der Waals surface area contributed by atoms with E-state index in [1.165, 1.54) is 5.56 Å². The largest absolute Gasteiger partial charge is 0.458 e. The maximum atomic E-state index is 9.03. The highest BCUT2D eigenvalue weighted by Gasteiger charge is 2.22. The molecule has 5 nitrogen and oxygen atoms in total. The fourth-order valence-electron chi connectivity index (χ4n) is 8.66. The number of aromatic nitrogens is 4. The molecule has 11 aromatic rings. The van der Waals surface area contributed by atoms with E-state index >= 15 is 0 Å². The van der Waals surface area contributed by atoms with E-state index in [-0.39, 0.29) is 33.4 Å². The second kappa shape index (κ2) is 16.0. The van der Waals surface area contributed by atoms with Crippen LogP contribution in [0.2, 0.25) is 0 Å². The van der Waals surface area contributed by atoms with Gasteiger partial charge in [-0.2, -0.15) is 0 Å². The summed E-state index contributed by atoms with van der Waals surface area (Å²) in [4.78, 5) is 5.11. The smallest absolute Gasteiger partial charge is 0.269 e. The second-order valence-electron chi connectivity index (χ2n) is 16.9. The van der Waals surface area contributed by atoms with Crippen LogP contribution in [-0.2, 0) is 6.42 Å². The zero-order valence-corrected chi connectivity index (χ0v) is 35.3. The first kappa shape index (κ1) is 29.3. The Morgan fingerprint density at radius 1 is 0.578 bits per heavy atom. The summed E-state index contributed by atoms with van der Waals surface area (Å²) in [6.07, 6.45) is 6.27. The van der Waals surface area contributed by atoms with Crippen molar-refractivity contribution >= 4 is 32.8 Å². The molecule has 64 heavy (non-hydrogen) atoms. The van der Waals surface area contributed by atoms with Gasteiger partial charge in [-0.05, 0) is 87.7 Å². The molecule has 0 saturated carbocycles. The van der Waals surface area contributed by atoms with Crippen LogP contribution in [-0.4, -0.2) is 14.1 Å². The predicted octanol–water partition coefficient (Wildman–Crippen LogP) is 14.6. The van der Waals surface area contributed by atoms with Crippen molar-refractivity contribution in [1.29, 1.82) is 0 Å². The lowest BCUT2D eigenvalue weighted by Gasteiger charge is -2.21. The van der Waals surface area contributed by atoms with E-state index < -0.39 is 60.4 Å². The van der Waals surface area contributed by atoms with Gasteiger partial charge < -0.3 is 4.74 Å². The molecule has 0 saturated heterocycles. The normalized spacial score (nSPS) is 13.9. The summed E-state index contributed by atoms with van der Waals surface area (Å²) >= 11 is 0. The molecule has 0 bridgehead atoms. The molecule has 0 atom stereocenters. The number of imidazole rings is 1.